The van der Waals surface area contributed by atoms with Crippen molar-refractivity contribution in [2.45, 2.75) is 180 Å². The molecule has 0 spiro atoms. The second kappa shape index (κ2) is 26.5. The molecule has 0 aromatic rings. The van der Waals surface area contributed by atoms with Crippen molar-refractivity contribution in [2.75, 3.05) is 0 Å². The second-order valence-corrected chi connectivity index (χ2v) is 10.3. The Hall–Kier alpha value is -1.06. The molecule has 0 saturated heterocycles. The lowest BCUT2D eigenvalue weighted by molar-refractivity contribution is -0.150. The molecule has 0 radical (unpaired) electrons. The van der Waals surface area contributed by atoms with E-state index in [1.807, 2.05) is 0 Å². The maximum Gasteiger partial charge on any atom is 0.306 e. The van der Waals surface area contributed by atoms with Crippen LogP contribution in [0.4, 0.5) is 0 Å². The second-order valence-electron chi connectivity index (χ2n) is 10.3. The Morgan fingerprint density at radius 2 is 0.882 bits per heavy atom. The van der Waals surface area contributed by atoms with Crippen LogP contribution in [0.15, 0.2) is 0 Å². The summed E-state index contributed by atoms with van der Waals surface area (Å²) in [5.41, 5.74) is 0. The molecule has 202 valence electrons. The van der Waals surface area contributed by atoms with Crippen molar-refractivity contribution in [1.82, 2.24) is 0 Å². The third-order valence-electron chi connectivity index (χ3n) is 6.83. The molecule has 0 aromatic carbocycles. The van der Waals surface area contributed by atoms with Crippen molar-refractivity contribution in [3.63, 3.8) is 0 Å². The van der Waals surface area contributed by atoms with E-state index in [2.05, 4.69) is 13.8 Å². The molecule has 0 saturated carbocycles. The predicted molar refractivity (Wildman–Crippen MR) is 144 cm³/mol. The molecular weight excluding hydrogens is 424 g/mol. The highest BCUT2D eigenvalue weighted by molar-refractivity contribution is 5.69. The molecule has 0 amide bonds. The molecule has 4 nitrogen and oxygen atoms in total. The summed E-state index contributed by atoms with van der Waals surface area (Å²) in [5, 5.41) is 8.67. The van der Waals surface area contributed by atoms with Crippen LogP contribution >= 0.6 is 0 Å². The molecule has 1 N–H and O–H groups in total. The fourth-order valence-electron chi connectivity index (χ4n) is 4.59. The van der Waals surface area contributed by atoms with Crippen molar-refractivity contribution in [1.29, 1.82) is 0 Å². The first-order valence-electron chi connectivity index (χ1n) is 15.0. The SMILES string of the molecule is CCCCCCCCCCCC(=O)OC(CCCCCC)CCCCCCCCCCC(=O)O. The molecular formula is C30H58O4. The van der Waals surface area contributed by atoms with Crippen LogP contribution in [0.2, 0.25) is 0 Å². The molecule has 0 fully saturated rings. The van der Waals surface area contributed by atoms with Crippen molar-refractivity contribution in [3.05, 3.63) is 0 Å². The van der Waals surface area contributed by atoms with Crippen LogP contribution in [0.25, 0.3) is 0 Å². The zero-order chi connectivity index (χ0) is 25.1. The smallest absolute Gasteiger partial charge is 0.306 e. The maximum absolute atomic E-state index is 12.4. The summed E-state index contributed by atoms with van der Waals surface area (Å²) < 4.78 is 5.91. The Balaban J connectivity index is 3.88. The fraction of sp³-hybridized carbons (Fsp3) is 0.933. The quantitative estimate of drug-likeness (QED) is 0.0934. The predicted octanol–water partition coefficient (Wildman–Crippen LogP) is 9.78. The highest BCUT2D eigenvalue weighted by atomic mass is 16.5. The lowest BCUT2D eigenvalue weighted by Crippen LogP contribution is -2.18. The fourth-order valence-corrected chi connectivity index (χ4v) is 4.59. The number of carbonyl (C=O) groups is 2. The summed E-state index contributed by atoms with van der Waals surface area (Å²) in [7, 11) is 0. The Morgan fingerprint density at radius 3 is 1.32 bits per heavy atom. The summed E-state index contributed by atoms with van der Waals surface area (Å²) in [5.74, 6) is -0.664. The number of rotatable bonds is 27. The first-order chi connectivity index (χ1) is 16.6. The Kier molecular flexibility index (Phi) is 25.7. The topological polar surface area (TPSA) is 63.6 Å². The highest BCUT2D eigenvalue weighted by Gasteiger charge is 2.14. The van der Waals surface area contributed by atoms with Crippen LogP contribution in [0.5, 0.6) is 0 Å². The molecule has 0 heterocycles. The molecule has 1 unspecified atom stereocenters. The first kappa shape index (κ1) is 32.9. The minimum atomic E-state index is -0.682. The molecule has 0 aliphatic heterocycles. The zero-order valence-corrected chi connectivity index (χ0v) is 22.9. The van der Waals surface area contributed by atoms with Gasteiger partial charge >= 0.3 is 11.9 Å². The van der Waals surface area contributed by atoms with Crippen LogP contribution < -0.4 is 0 Å². The van der Waals surface area contributed by atoms with Gasteiger partial charge in [0.2, 0.25) is 0 Å². The van der Waals surface area contributed by atoms with Crippen LogP contribution in [0.3, 0.4) is 0 Å². The van der Waals surface area contributed by atoms with Crippen molar-refractivity contribution in [2.24, 2.45) is 0 Å². The van der Waals surface area contributed by atoms with E-state index < -0.39 is 5.97 Å². The van der Waals surface area contributed by atoms with Crippen LogP contribution in [0, 0.1) is 0 Å². The van der Waals surface area contributed by atoms with E-state index in [0.717, 1.165) is 51.4 Å². The number of hydrogen-bond donors (Lipinski definition) is 1. The number of unbranched alkanes of at least 4 members (excludes halogenated alkanes) is 18. The molecule has 1 atom stereocenters. The summed E-state index contributed by atoms with van der Waals surface area (Å²) in [6.45, 7) is 4.49. The number of aliphatic carboxylic acids is 1. The van der Waals surface area contributed by atoms with E-state index >= 15 is 0 Å². The van der Waals surface area contributed by atoms with E-state index in [-0.39, 0.29) is 12.1 Å². The number of esters is 1. The molecule has 34 heavy (non-hydrogen) atoms. The van der Waals surface area contributed by atoms with Gasteiger partial charge in [0, 0.05) is 12.8 Å². The Labute approximate surface area is 212 Å². The third-order valence-corrected chi connectivity index (χ3v) is 6.83. The number of carboxylic acids is 1. The summed E-state index contributed by atoms with van der Waals surface area (Å²) in [6.07, 6.45) is 28.4. The standard InChI is InChI=1S/C30H58O4/c1-3-5-7-9-10-11-16-19-23-27-30(33)34-28(24-20-8-6-4-2)25-21-17-14-12-13-15-18-22-26-29(31)32/h28H,3-27H2,1-2H3,(H,31,32). The van der Waals surface area contributed by atoms with Crippen molar-refractivity contribution < 1.29 is 19.4 Å². The van der Waals surface area contributed by atoms with Crippen molar-refractivity contribution >= 4 is 11.9 Å². The van der Waals surface area contributed by atoms with E-state index in [9.17, 15) is 9.59 Å². The first-order valence-corrected chi connectivity index (χ1v) is 15.0. The number of carboxylic acid groups (broad SMARTS) is 1. The Morgan fingerprint density at radius 1 is 0.529 bits per heavy atom. The van der Waals surface area contributed by atoms with E-state index in [4.69, 9.17) is 9.84 Å². The lowest BCUT2D eigenvalue weighted by atomic mass is 10.0. The molecule has 0 bridgehead atoms. The molecule has 0 aliphatic carbocycles. The average Bonchev–Trinajstić information content (AvgIpc) is 2.81. The van der Waals surface area contributed by atoms with E-state index in [0.29, 0.717) is 12.8 Å². The highest BCUT2D eigenvalue weighted by Crippen LogP contribution is 2.18. The third kappa shape index (κ3) is 25.6. The van der Waals surface area contributed by atoms with Gasteiger partial charge in [0.25, 0.3) is 0 Å². The van der Waals surface area contributed by atoms with Gasteiger partial charge < -0.3 is 9.84 Å². The van der Waals surface area contributed by atoms with E-state index in [1.165, 1.54) is 96.3 Å². The zero-order valence-electron chi connectivity index (χ0n) is 22.9. The van der Waals surface area contributed by atoms with Gasteiger partial charge in [-0.25, -0.2) is 0 Å². The molecule has 4 heteroatoms. The van der Waals surface area contributed by atoms with Gasteiger partial charge in [0.15, 0.2) is 0 Å². The van der Waals surface area contributed by atoms with Gasteiger partial charge in [-0.2, -0.15) is 0 Å². The van der Waals surface area contributed by atoms with Gasteiger partial charge in [-0.1, -0.05) is 123 Å². The molecule has 0 aliphatic rings. The van der Waals surface area contributed by atoms with Gasteiger partial charge in [-0.15, -0.1) is 0 Å². The van der Waals surface area contributed by atoms with Gasteiger partial charge in [-0.05, 0) is 38.5 Å². The minimum absolute atomic E-state index is 0.0183. The summed E-state index contributed by atoms with van der Waals surface area (Å²) >= 11 is 0. The lowest BCUT2D eigenvalue weighted by Gasteiger charge is -2.18. The monoisotopic (exact) mass is 482 g/mol. The number of hydrogen-bond acceptors (Lipinski definition) is 3. The normalized spacial score (nSPS) is 12.1. The van der Waals surface area contributed by atoms with Crippen molar-refractivity contribution in [3.8, 4) is 0 Å². The van der Waals surface area contributed by atoms with Gasteiger partial charge in [0.1, 0.15) is 6.10 Å². The minimum Gasteiger partial charge on any atom is -0.481 e. The molecule has 0 aromatic heterocycles. The number of ether oxygens (including phenoxy) is 1. The Bertz CT molecular complexity index is 449. The largest absolute Gasteiger partial charge is 0.481 e. The number of carbonyl (C=O) groups excluding carboxylic acids is 1. The average molecular weight is 483 g/mol. The summed E-state index contributed by atoms with van der Waals surface area (Å²) in [6, 6.07) is 0. The maximum atomic E-state index is 12.4. The van der Waals surface area contributed by atoms with E-state index in [1.54, 1.807) is 0 Å². The van der Waals surface area contributed by atoms with Crippen LogP contribution in [-0.4, -0.2) is 23.1 Å². The van der Waals surface area contributed by atoms with Crippen LogP contribution in [0.1, 0.15) is 174 Å². The molecule has 0 rings (SSSR count). The summed E-state index contributed by atoms with van der Waals surface area (Å²) in [4.78, 5) is 22.9. The van der Waals surface area contributed by atoms with Crippen LogP contribution in [-0.2, 0) is 14.3 Å². The van der Waals surface area contributed by atoms with Gasteiger partial charge in [-0.3, -0.25) is 9.59 Å². The van der Waals surface area contributed by atoms with Gasteiger partial charge in [0.05, 0.1) is 0 Å².